The molecule has 0 heterocycles. The van der Waals surface area contributed by atoms with Crippen molar-refractivity contribution in [1.29, 1.82) is 0 Å². The molecule has 0 aromatic carbocycles. The number of nitrogens with two attached hydrogens (primary N) is 1. The molecule has 0 aliphatic heterocycles. The highest BCUT2D eigenvalue weighted by Crippen LogP contribution is 2.26. The average Bonchev–Trinajstić information content (AvgIpc) is 3.13. The molecule has 18 heavy (non-hydrogen) atoms. The molecule has 4 nitrogen and oxygen atoms in total. The number of amides is 1. The fraction of sp³-hybridized carbons (Fsp3) is 0.929. The number of carbonyl (C=O) groups is 1. The lowest BCUT2D eigenvalue weighted by Crippen LogP contribution is -2.45. The van der Waals surface area contributed by atoms with Crippen molar-refractivity contribution < 1.29 is 4.79 Å². The van der Waals surface area contributed by atoms with Gasteiger partial charge in [-0.25, -0.2) is 0 Å². The number of hydrogen-bond acceptors (Lipinski definition) is 3. The van der Waals surface area contributed by atoms with Gasteiger partial charge in [-0.2, -0.15) is 0 Å². The minimum absolute atomic E-state index is 0.0763. The number of likely N-dealkylation sites (N-methyl/N-ethyl adjacent to an activating group) is 2. The Morgan fingerprint density at radius 1 is 1.28 bits per heavy atom. The van der Waals surface area contributed by atoms with Crippen LogP contribution in [0.5, 0.6) is 0 Å². The molecule has 0 unspecified atom stereocenters. The van der Waals surface area contributed by atoms with Crippen molar-refractivity contribution in [1.82, 2.24) is 9.80 Å². The molecule has 0 saturated heterocycles. The van der Waals surface area contributed by atoms with Crippen LogP contribution in [-0.4, -0.2) is 54.5 Å². The summed E-state index contributed by atoms with van der Waals surface area (Å²) in [6, 6.07) is 0.517. The second-order valence-corrected chi connectivity index (χ2v) is 6.08. The molecule has 0 atom stereocenters. The van der Waals surface area contributed by atoms with E-state index in [-0.39, 0.29) is 11.3 Å². The van der Waals surface area contributed by atoms with E-state index in [1.807, 2.05) is 4.90 Å². The van der Waals surface area contributed by atoms with Crippen LogP contribution in [0, 0.1) is 5.41 Å². The maximum atomic E-state index is 12.3. The Kier molecular flexibility index (Phi) is 5.60. The molecule has 1 saturated carbocycles. The monoisotopic (exact) mass is 255 g/mol. The smallest absolute Gasteiger partial charge is 0.236 e. The minimum atomic E-state index is 0.0763. The highest BCUT2D eigenvalue weighted by molar-refractivity contribution is 5.78. The van der Waals surface area contributed by atoms with E-state index in [1.165, 1.54) is 12.8 Å². The Morgan fingerprint density at radius 3 is 2.28 bits per heavy atom. The zero-order chi connectivity index (χ0) is 13.8. The van der Waals surface area contributed by atoms with Gasteiger partial charge in [-0.15, -0.1) is 0 Å². The molecule has 0 radical (unpaired) electrons. The van der Waals surface area contributed by atoms with Gasteiger partial charge in [0.15, 0.2) is 0 Å². The van der Waals surface area contributed by atoms with E-state index in [4.69, 9.17) is 5.73 Å². The third-order valence-electron chi connectivity index (χ3n) is 3.66. The van der Waals surface area contributed by atoms with Crippen molar-refractivity contribution in [3.63, 3.8) is 0 Å². The van der Waals surface area contributed by atoms with Gasteiger partial charge in [0.2, 0.25) is 5.91 Å². The number of carbonyl (C=O) groups excluding carboxylic acids is 1. The lowest BCUT2D eigenvalue weighted by Gasteiger charge is -2.32. The van der Waals surface area contributed by atoms with Crippen molar-refractivity contribution in [3.8, 4) is 0 Å². The van der Waals surface area contributed by atoms with Crippen LogP contribution >= 0.6 is 0 Å². The molecule has 1 aliphatic carbocycles. The van der Waals surface area contributed by atoms with Gasteiger partial charge in [-0.3, -0.25) is 9.69 Å². The van der Waals surface area contributed by atoms with Crippen LogP contribution in [0.4, 0.5) is 0 Å². The first kappa shape index (κ1) is 15.4. The van der Waals surface area contributed by atoms with E-state index in [0.29, 0.717) is 19.1 Å². The van der Waals surface area contributed by atoms with Crippen LogP contribution in [0.2, 0.25) is 0 Å². The van der Waals surface area contributed by atoms with Crippen LogP contribution in [-0.2, 0) is 4.79 Å². The van der Waals surface area contributed by atoms with Crippen molar-refractivity contribution in [2.75, 3.05) is 32.7 Å². The summed E-state index contributed by atoms with van der Waals surface area (Å²) in [7, 11) is 0. The summed E-state index contributed by atoms with van der Waals surface area (Å²) in [6.07, 6.45) is 2.36. The zero-order valence-electron chi connectivity index (χ0n) is 12.4. The molecular weight excluding hydrogens is 226 g/mol. The van der Waals surface area contributed by atoms with Gasteiger partial charge in [0, 0.05) is 19.1 Å². The zero-order valence-corrected chi connectivity index (χ0v) is 12.4. The average molecular weight is 255 g/mol. The third kappa shape index (κ3) is 4.58. The maximum Gasteiger partial charge on any atom is 0.236 e. The van der Waals surface area contributed by atoms with Gasteiger partial charge in [-0.05, 0) is 38.3 Å². The van der Waals surface area contributed by atoms with Gasteiger partial charge < -0.3 is 10.6 Å². The maximum absolute atomic E-state index is 12.3. The Labute approximate surface area is 111 Å². The Morgan fingerprint density at radius 2 is 1.89 bits per heavy atom. The van der Waals surface area contributed by atoms with Crippen LogP contribution in [0.15, 0.2) is 0 Å². The molecular formula is C14H29N3O. The van der Waals surface area contributed by atoms with Crippen molar-refractivity contribution in [2.45, 2.75) is 46.6 Å². The summed E-state index contributed by atoms with van der Waals surface area (Å²) in [5, 5.41) is 0. The van der Waals surface area contributed by atoms with E-state index in [9.17, 15) is 4.79 Å². The fourth-order valence-corrected chi connectivity index (χ4v) is 2.26. The second kappa shape index (κ2) is 6.53. The topological polar surface area (TPSA) is 49.6 Å². The normalized spacial score (nSPS) is 16.1. The standard InChI is InChI=1S/C14H29N3O/c1-5-16(11-14(3,4)10-15)9-13(18)17(6-2)12-7-8-12/h12H,5-11,15H2,1-4H3. The third-order valence-corrected chi connectivity index (χ3v) is 3.66. The quantitative estimate of drug-likeness (QED) is 0.711. The predicted octanol–water partition coefficient (Wildman–Crippen LogP) is 1.30. The number of hydrogen-bond donors (Lipinski definition) is 1. The molecule has 0 aromatic heterocycles. The van der Waals surface area contributed by atoms with E-state index < -0.39 is 0 Å². The lowest BCUT2D eigenvalue weighted by atomic mass is 9.93. The molecule has 0 aromatic rings. The highest BCUT2D eigenvalue weighted by Gasteiger charge is 2.32. The number of rotatable bonds is 8. The van der Waals surface area contributed by atoms with E-state index in [0.717, 1.165) is 19.6 Å². The lowest BCUT2D eigenvalue weighted by molar-refractivity contribution is -0.133. The van der Waals surface area contributed by atoms with Crippen molar-refractivity contribution >= 4 is 5.91 Å². The minimum Gasteiger partial charge on any atom is -0.339 e. The molecule has 0 bridgehead atoms. The fourth-order valence-electron chi connectivity index (χ4n) is 2.26. The first-order valence-electron chi connectivity index (χ1n) is 7.15. The number of nitrogens with zero attached hydrogens (tertiary/aromatic N) is 2. The Bertz CT molecular complexity index is 274. The van der Waals surface area contributed by atoms with Crippen molar-refractivity contribution in [2.24, 2.45) is 11.1 Å². The molecule has 0 spiro atoms. The van der Waals surface area contributed by atoms with Crippen LogP contribution < -0.4 is 5.73 Å². The van der Waals surface area contributed by atoms with E-state index in [1.54, 1.807) is 0 Å². The summed E-state index contributed by atoms with van der Waals surface area (Å²) < 4.78 is 0. The van der Waals surface area contributed by atoms with Crippen LogP contribution in [0.1, 0.15) is 40.5 Å². The van der Waals surface area contributed by atoms with Crippen molar-refractivity contribution in [3.05, 3.63) is 0 Å². The summed E-state index contributed by atoms with van der Waals surface area (Å²) in [4.78, 5) is 16.5. The highest BCUT2D eigenvalue weighted by atomic mass is 16.2. The summed E-state index contributed by atoms with van der Waals surface area (Å²) in [5.41, 5.74) is 5.84. The SMILES string of the molecule is CCN(CC(=O)N(CC)C1CC1)CC(C)(C)CN. The summed E-state index contributed by atoms with van der Waals surface area (Å²) in [5.74, 6) is 0.273. The first-order chi connectivity index (χ1) is 8.43. The molecule has 4 heteroatoms. The summed E-state index contributed by atoms with van der Waals surface area (Å²) >= 11 is 0. The molecule has 1 rings (SSSR count). The van der Waals surface area contributed by atoms with Gasteiger partial charge in [-0.1, -0.05) is 20.8 Å². The molecule has 1 amide bonds. The summed E-state index contributed by atoms with van der Waals surface area (Å²) in [6.45, 7) is 12.3. The van der Waals surface area contributed by atoms with Gasteiger partial charge in [0.05, 0.1) is 6.54 Å². The first-order valence-corrected chi connectivity index (χ1v) is 7.15. The molecule has 106 valence electrons. The second-order valence-electron chi connectivity index (χ2n) is 6.08. The van der Waals surface area contributed by atoms with Gasteiger partial charge in [0.25, 0.3) is 0 Å². The largest absolute Gasteiger partial charge is 0.339 e. The van der Waals surface area contributed by atoms with Crippen LogP contribution in [0.3, 0.4) is 0 Å². The van der Waals surface area contributed by atoms with Gasteiger partial charge >= 0.3 is 0 Å². The van der Waals surface area contributed by atoms with Crippen LogP contribution in [0.25, 0.3) is 0 Å². The van der Waals surface area contributed by atoms with Gasteiger partial charge in [0.1, 0.15) is 0 Å². The molecule has 2 N–H and O–H groups in total. The predicted molar refractivity (Wildman–Crippen MR) is 75.4 cm³/mol. The van der Waals surface area contributed by atoms with E-state index >= 15 is 0 Å². The van der Waals surface area contributed by atoms with E-state index in [2.05, 4.69) is 32.6 Å². The molecule has 1 aliphatic rings. The Hall–Kier alpha value is -0.610. The Balaban J connectivity index is 2.48. The molecule has 1 fully saturated rings.